The number of halogens is 2. The first-order chi connectivity index (χ1) is 7.41. The van der Waals surface area contributed by atoms with Crippen LogP contribution in [0.2, 0.25) is 10.0 Å². The van der Waals surface area contributed by atoms with Crippen molar-refractivity contribution in [2.45, 2.75) is 25.3 Å². The molecule has 1 saturated carbocycles. The Morgan fingerprint density at radius 2 is 1.88 bits per heavy atom. The average molecular weight is 259 g/mol. The summed E-state index contributed by atoms with van der Waals surface area (Å²) in [6.45, 7) is 2.01. The predicted molar refractivity (Wildman–Crippen MR) is 66.0 cm³/mol. The number of benzene rings is 1. The summed E-state index contributed by atoms with van der Waals surface area (Å²) in [5, 5.41) is 3.53. The first-order valence-electron chi connectivity index (χ1n) is 4.98. The minimum Gasteiger partial charge on any atom is -0.396 e. The summed E-state index contributed by atoms with van der Waals surface area (Å²) in [6.07, 6.45) is 2.02. The van der Waals surface area contributed by atoms with Gasteiger partial charge >= 0.3 is 0 Å². The predicted octanol–water partition coefficient (Wildman–Crippen LogP) is 2.86. The molecule has 0 spiro atoms. The molecule has 0 bridgehead atoms. The van der Waals surface area contributed by atoms with Crippen LogP contribution in [0.3, 0.4) is 0 Å². The third kappa shape index (κ3) is 2.25. The Hall–Kier alpha value is -0.930. The molecule has 1 amide bonds. The zero-order valence-corrected chi connectivity index (χ0v) is 10.3. The Morgan fingerprint density at radius 3 is 2.31 bits per heavy atom. The fraction of sp³-hybridized carbons (Fsp3) is 0.364. The molecule has 16 heavy (non-hydrogen) atoms. The molecule has 0 heterocycles. The quantitative estimate of drug-likeness (QED) is 0.802. The van der Waals surface area contributed by atoms with Gasteiger partial charge in [0.15, 0.2) is 0 Å². The van der Waals surface area contributed by atoms with E-state index in [-0.39, 0.29) is 11.4 Å². The molecular formula is C11H12Cl2N2O. The summed E-state index contributed by atoms with van der Waals surface area (Å²) >= 11 is 11.7. The van der Waals surface area contributed by atoms with Crippen LogP contribution in [-0.2, 0) is 0 Å². The second kappa shape index (κ2) is 3.82. The molecule has 1 aliphatic carbocycles. The van der Waals surface area contributed by atoms with Crippen molar-refractivity contribution in [1.82, 2.24) is 5.32 Å². The van der Waals surface area contributed by atoms with E-state index in [0.29, 0.717) is 21.3 Å². The smallest absolute Gasteiger partial charge is 0.251 e. The molecule has 0 aliphatic heterocycles. The molecule has 0 atom stereocenters. The van der Waals surface area contributed by atoms with Gasteiger partial charge in [0.05, 0.1) is 15.7 Å². The molecule has 0 saturated heterocycles. The van der Waals surface area contributed by atoms with Crippen LogP contribution in [0.1, 0.15) is 30.1 Å². The summed E-state index contributed by atoms with van der Waals surface area (Å²) in [6, 6.07) is 3.06. The summed E-state index contributed by atoms with van der Waals surface area (Å²) in [5.41, 5.74) is 6.28. The van der Waals surface area contributed by atoms with Crippen LogP contribution in [0.15, 0.2) is 12.1 Å². The summed E-state index contributed by atoms with van der Waals surface area (Å²) in [4.78, 5) is 11.8. The van der Waals surface area contributed by atoms with E-state index in [2.05, 4.69) is 5.32 Å². The van der Waals surface area contributed by atoms with Crippen LogP contribution < -0.4 is 11.1 Å². The standard InChI is InChI=1S/C11H12Cl2N2O/c1-11(2-3-11)15-10(16)6-4-7(12)9(14)8(13)5-6/h4-5H,2-3,14H2,1H3,(H,15,16). The number of rotatable bonds is 2. The maximum absolute atomic E-state index is 11.8. The van der Waals surface area contributed by atoms with Gasteiger partial charge in [0, 0.05) is 11.1 Å². The summed E-state index contributed by atoms with van der Waals surface area (Å²) < 4.78 is 0. The molecule has 86 valence electrons. The Kier molecular flexibility index (Phi) is 2.76. The van der Waals surface area contributed by atoms with Gasteiger partial charge < -0.3 is 11.1 Å². The minimum atomic E-state index is -0.163. The summed E-state index contributed by atoms with van der Waals surface area (Å²) in [5.74, 6) is -0.163. The van der Waals surface area contributed by atoms with E-state index in [0.717, 1.165) is 12.8 Å². The molecule has 5 heteroatoms. The highest BCUT2D eigenvalue weighted by Crippen LogP contribution is 2.35. The number of nitrogens with two attached hydrogens (primary N) is 1. The lowest BCUT2D eigenvalue weighted by atomic mass is 10.1. The van der Waals surface area contributed by atoms with Gasteiger partial charge in [-0.1, -0.05) is 23.2 Å². The first kappa shape index (κ1) is 11.6. The summed E-state index contributed by atoms with van der Waals surface area (Å²) in [7, 11) is 0. The van der Waals surface area contributed by atoms with Crippen molar-refractivity contribution in [3.8, 4) is 0 Å². The van der Waals surface area contributed by atoms with Crippen molar-refractivity contribution >= 4 is 34.8 Å². The van der Waals surface area contributed by atoms with Crippen LogP contribution in [0.5, 0.6) is 0 Å². The second-order valence-corrected chi connectivity index (χ2v) is 5.18. The molecule has 1 aromatic carbocycles. The van der Waals surface area contributed by atoms with Crippen molar-refractivity contribution in [3.63, 3.8) is 0 Å². The van der Waals surface area contributed by atoms with Crippen LogP contribution in [0, 0.1) is 0 Å². The Morgan fingerprint density at radius 1 is 1.38 bits per heavy atom. The second-order valence-electron chi connectivity index (χ2n) is 4.37. The van der Waals surface area contributed by atoms with Gasteiger partial charge in [0.1, 0.15) is 0 Å². The van der Waals surface area contributed by atoms with E-state index < -0.39 is 0 Å². The van der Waals surface area contributed by atoms with Crippen molar-refractivity contribution in [1.29, 1.82) is 0 Å². The Labute approximate surface area is 104 Å². The topological polar surface area (TPSA) is 55.1 Å². The van der Waals surface area contributed by atoms with Crippen LogP contribution in [0.4, 0.5) is 5.69 Å². The van der Waals surface area contributed by atoms with Crippen LogP contribution in [0.25, 0.3) is 0 Å². The lowest BCUT2D eigenvalue weighted by Gasteiger charge is -2.12. The Bertz CT molecular complexity index is 432. The minimum absolute atomic E-state index is 0.0581. The number of anilines is 1. The zero-order valence-electron chi connectivity index (χ0n) is 8.81. The van der Waals surface area contributed by atoms with E-state index in [9.17, 15) is 4.79 Å². The molecule has 1 aliphatic rings. The first-order valence-corrected chi connectivity index (χ1v) is 5.74. The molecule has 3 N–H and O–H groups in total. The maximum Gasteiger partial charge on any atom is 0.251 e. The van der Waals surface area contributed by atoms with Crippen molar-refractivity contribution in [3.05, 3.63) is 27.7 Å². The number of hydrogen-bond acceptors (Lipinski definition) is 2. The fourth-order valence-electron chi connectivity index (χ4n) is 1.37. The maximum atomic E-state index is 11.8. The Balaban J connectivity index is 2.23. The molecule has 0 unspecified atom stereocenters. The van der Waals surface area contributed by atoms with Gasteiger partial charge in [-0.25, -0.2) is 0 Å². The van der Waals surface area contributed by atoms with Gasteiger partial charge in [-0.05, 0) is 31.9 Å². The van der Waals surface area contributed by atoms with Gasteiger partial charge in [-0.15, -0.1) is 0 Å². The molecule has 2 rings (SSSR count). The zero-order chi connectivity index (χ0) is 11.9. The number of nitrogen functional groups attached to an aromatic ring is 1. The molecule has 1 fully saturated rings. The normalized spacial score (nSPS) is 16.9. The lowest BCUT2D eigenvalue weighted by Crippen LogP contribution is -2.34. The third-order valence-corrected chi connectivity index (χ3v) is 3.38. The molecule has 0 radical (unpaired) electrons. The largest absolute Gasteiger partial charge is 0.396 e. The highest BCUT2D eigenvalue weighted by molar-refractivity contribution is 6.39. The van der Waals surface area contributed by atoms with Crippen molar-refractivity contribution in [2.24, 2.45) is 0 Å². The number of carbonyl (C=O) groups is 1. The molecular weight excluding hydrogens is 247 g/mol. The number of nitrogens with one attached hydrogen (secondary N) is 1. The lowest BCUT2D eigenvalue weighted by molar-refractivity contribution is 0.0935. The number of hydrogen-bond donors (Lipinski definition) is 2. The van der Waals surface area contributed by atoms with Gasteiger partial charge in [-0.2, -0.15) is 0 Å². The van der Waals surface area contributed by atoms with Crippen molar-refractivity contribution < 1.29 is 4.79 Å². The van der Waals surface area contributed by atoms with E-state index >= 15 is 0 Å². The molecule has 0 aromatic heterocycles. The van der Waals surface area contributed by atoms with E-state index in [1.165, 1.54) is 12.1 Å². The average Bonchev–Trinajstić information content (AvgIpc) is 2.91. The van der Waals surface area contributed by atoms with Gasteiger partial charge in [-0.3, -0.25) is 4.79 Å². The van der Waals surface area contributed by atoms with E-state index in [1.807, 2.05) is 6.92 Å². The number of amides is 1. The number of carbonyl (C=O) groups excluding carboxylic acids is 1. The highest BCUT2D eigenvalue weighted by atomic mass is 35.5. The van der Waals surface area contributed by atoms with Gasteiger partial charge in [0.2, 0.25) is 0 Å². The highest BCUT2D eigenvalue weighted by Gasteiger charge is 2.38. The van der Waals surface area contributed by atoms with Crippen LogP contribution in [-0.4, -0.2) is 11.4 Å². The fourth-order valence-corrected chi connectivity index (χ4v) is 1.86. The van der Waals surface area contributed by atoms with E-state index in [4.69, 9.17) is 28.9 Å². The van der Waals surface area contributed by atoms with Crippen molar-refractivity contribution in [2.75, 3.05) is 5.73 Å². The SMILES string of the molecule is CC1(NC(=O)c2cc(Cl)c(N)c(Cl)c2)CC1. The van der Waals surface area contributed by atoms with Crippen LogP contribution >= 0.6 is 23.2 Å². The monoisotopic (exact) mass is 258 g/mol. The molecule has 3 nitrogen and oxygen atoms in total. The van der Waals surface area contributed by atoms with Gasteiger partial charge in [0.25, 0.3) is 5.91 Å². The molecule has 1 aromatic rings. The van der Waals surface area contributed by atoms with E-state index in [1.54, 1.807) is 0 Å². The third-order valence-electron chi connectivity index (χ3n) is 2.76.